The minimum absolute atomic E-state index is 0.0433. The number of ether oxygens (including phenoxy) is 1. The number of nitrogen functional groups attached to an aromatic ring is 1. The Morgan fingerprint density at radius 1 is 1.35 bits per heavy atom. The number of esters is 1. The second-order valence-electron chi connectivity index (χ2n) is 3.39. The molecular formula is C12H10ClNO3. The Balaban J connectivity index is 2.41. The van der Waals surface area contributed by atoms with Crippen LogP contribution in [0.5, 0.6) is 0 Å². The van der Waals surface area contributed by atoms with E-state index in [1.54, 1.807) is 30.3 Å². The molecule has 0 fully saturated rings. The van der Waals surface area contributed by atoms with Crippen LogP contribution in [0.25, 0.3) is 11.3 Å². The first-order chi connectivity index (χ1) is 8.11. The van der Waals surface area contributed by atoms with Gasteiger partial charge in [-0.1, -0.05) is 11.6 Å². The lowest BCUT2D eigenvalue weighted by atomic mass is 10.1. The predicted octanol–water partition coefficient (Wildman–Crippen LogP) is 2.97. The van der Waals surface area contributed by atoms with Crippen LogP contribution >= 0.6 is 11.6 Å². The fraction of sp³-hybridized carbons (Fsp3) is 0.0833. The molecular weight excluding hydrogens is 242 g/mol. The molecule has 0 amide bonds. The first-order valence-corrected chi connectivity index (χ1v) is 5.23. The summed E-state index contributed by atoms with van der Waals surface area (Å²) in [4.78, 5) is 11.3. The van der Waals surface area contributed by atoms with Crippen molar-refractivity contribution >= 4 is 23.5 Å². The van der Waals surface area contributed by atoms with Gasteiger partial charge in [0.15, 0.2) is 0 Å². The summed E-state index contributed by atoms with van der Waals surface area (Å²) in [5.41, 5.74) is 6.60. The van der Waals surface area contributed by atoms with Gasteiger partial charge in [0.05, 0.1) is 7.11 Å². The number of hydrogen-bond donors (Lipinski definition) is 1. The molecule has 0 saturated heterocycles. The Bertz CT molecular complexity index is 545. The minimum atomic E-state index is -0.522. The van der Waals surface area contributed by atoms with E-state index in [1.165, 1.54) is 7.11 Å². The van der Waals surface area contributed by atoms with E-state index >= 15 is 0 Å². The molecule has 0 aliphatic rings. The number of hydrogen-bond acceptors (Lipinski definition) is 4. The minimum Gasteiger partial charge on any atom is -0.465 e. The van der Waals surface area contributed by atoms with Gasteiger partial charge in [0.2, 0.25) is 5.88 Å². The van der Waals surface area contributed by atoms with Crippen LogP contribution in [-0.4, -0.2) is 13.1 Å². The van der Waals surface area contributed by atoms with Crippen LogP contribution in [0.2, 0.25) is 5.02 Å². The molecule has 0 aliphatic carbocycles. The Morgan fingerprint density at radius 3 is 2.59 bits per heavy atom. The van der Waals surface area contributed by atoms with Crippen LogP contribution < -0.4 is 5.73 Å². The maximum Gasteiger partial charge on any atom is 0.343 e. The lowest BCUT2D eigenvalue weighted by molar-refractivity contribution is 0.0601. The summed E-state index contributed by atoms with van der Waals surface area (Å²) in [5, 5.41) is 0.626. The van der Waals surface area contributed by atoms with E-state index < -0.39 is 5.97 Å². The molecule has 0 spiro atoms. The molecule has 0 atom stereocenters. The first-order valence-electron chi connectivity index (χ1n) is 4.85. The van der Waals surface area contributed by atoms with Crippen molar-refractivity contribution in [3.63, 3.8) is 0 Å². The molecule has 0 unspecified atom stereocenters. The van der Waals surface area contributed by atoms with Crippen molar-refractivity contribution in [2.75, 3.05) is 12.8 Å². The zero-order valence-electron chi connectivity index (χ0n) is 9.07. The number of carbonyl (C=O) groups excluding carboxylic acids is 1. The highest BCUT2D eigenvalue weighted by Gasteiger charge is 2.16. The standard InChI is InChI=1S/C12H10ClNO3/c1-16-12(15)9-6-10(17-11(9)14)7-2-4-8(13)5-3-7/h2-6H,14H2,1H3. The summed E-state index contributed by atoms with van der Waals surface area (Å²) in [5.74, 6) is 0.0211. The van der Waals surface area contributed by atoms with Crippen LogP contribution in [-0.2, 0) is 4.74 Å². The van der Waals surface area contributed by atoms with Crippen LogP contribution in [0.15, 0.2) is 34.7 Å². The monoisotopic (exact) mass is 251 g/mol. The largest absolute Gasteiger partial charge is 0.465 e. The molecule has 17 heavy (non-hydrogen) atoms. The van der Waals surface area contributed by atoms with Crippen LogP contribution in [0.3, 0.4) is 0 Å². The van der Waals surface area contributed by atoms with E-state index in [0.717, 1.165) is 5.56 Å². The Hall–Kier alpha value is -1.94. The summed E-state index contributed by atoms with van der Waals surface area (Å²) < 4.78 is 9.88. The van der Waals surface area contributed by atoms with E-state index in [0.29, 0.717) is 10.8 Å². The van der Waals surface area contributed by atoms with E-state index in [1.807, 2.05) is 0 Å². The molecule has 5 heteroatoms. The number of benzene rings is 1. The molecule has 2 N–H and O–H groups in total. The van der Waals surface area contributed by atoms with Gasteiger partial charge in [-0.25, -0.2) is 4.79 Å². The maximum absolute atomic E-state index is 11.3. The number of anilines is 1. The van der Waals surface area contributed by atoms with E-state index in [2.05, 4.69) is 4.74 Å². The van der Waals surface area contributed by atoms with Gasteiger partial charge >= 0.3 is 5.97 Å². The quantitative estimate of drug-likeness (QED) is 0.834. The molecule has 2 rings (SSSR count). The number of methoxy groups -OCH3 is 1. The summed E-state index contributed by atoms with van der Waals surface area (Å²) in [6.07, 6.45) is 0. The summed E-state index contributed by atoms with van der Waals surface area (Å²) in [6, 6.07) is 8.56. The molecule has 88 valence electrons. The number of rotatable bonds is 2. The van der Waals surface area contributed by atoms with Crippen molar-refractivity contribution in [1.29, 1.82) is 0 Å². The fourth-order valence-electron chi connectivity index (χ4n) is 1.43. The maximum atomic E-state index is 11.3. The van der Waals surface area contributed by atoms with Crippen LogP contribution in [0, 0.1) is 0 Å². The highest BCUT2D eigenvalue weighted by atomic mass is 35.5. The molecule has 1 heterocycles. The zero-order valence-corrected chi connectivity index (χ0v) is 9.82. The van der Waals surface area contributed by atoms with Crippen molar-refractivity contribution in [2.45, 2.75) is 0 Å². The van der Waals surface area contributed by atoms with Gasteiger partial charge in [-0.2, -0.15) is 0 Å². The topological polar surface area (TPSA) is 65.5 Å². The molecule has 0 saturated carbocycles. The smallest absolute Gasteiger partial charge is 0.343 e. The van der Waals surface area contributed by atoms with Gasteiger partial charge in [-0.3, -0.25) is 0 Å². The Morgan fingerprint density at radius 2 is 2.00 bits per heavy atom. The molecule has 1 aromatic carbocycles. The number of carbonyl (C=O) groups is 1. The highest BCUT2D eigenvalue weighted by Crippen LogP contribution is 2.28. The number of halogens is 1. The summed E-state index contributed by atoms with van der Waals surface area (Å²) in [7, 11) is 1.29. The zero-order chi connectivity index (χ0) is 12.4. The average molecular weight is 252 g/mol. The van der Waals surface area contributed by atoms with Gasteiger partial charge in [-0.05, 0) is 24.3 Å². The van der Waals surface area contributed by atoms with Gasteiger partial charge < -0.3 is 14.9 Å². The fourth-order valence-corrected chi connectivity index (χ4v) is 1.56. The van der Waals surface area contributed by atoms with Crippen molar-refractivity contribution in [1.82, 2.24) is 0 Å². The lowest BCUT2D eigenvalue weighted by Gasteiger charge is -1.95. The normalized spacial score (nSPS) is 10.2. The number of nitrogens with two attached hydrogens (primary N) is 1. The number of furan rings is 1. The third-order valence-corrected chi connectivity index (χ3v) is 2.55. The third-order valence-electron chi connectivity index (χ3n) is 2.29. The SMILES string of the molecule is COC(=O)c1cc(-c2ccc(Cl)cc2)oc1N. The third kappa shape index (κ3) is 2.26. The average Bonchev–Trinajstić information content (AvgIpc) is 2.71. The van der Waals surface area contributed by atoms with E-state index in [-0.39, 0.29) is 11.4 Å². The second-order valence-corrected chi connectivity index (χ2v) is 3.82. The van der Waals surface area contributed by atoms with Crippen molar-refractivity contribution in [3.05, 3.63) is 40.9 Å². The highest BCUT2D eigenvalue weighted by molar-refractivity contribution is 6.30. The van der Waals surface area contributed by atoms with Gasteiger partial charge in [-0.15, -0.1) is 0 Å². The lowest BCUT2D eigenvalue weighted by Crippen LogP contribution is -2.02. The molecule has 0 radical (unpaired) electrons. The molecule has 4 nitrogen and oxygen atoms in total. The van der Waals surface area contributed by atoms with Gasteiger partial charge in [0.25, 0.3) is 0 Å². The molecule has 0 aliphatic heterocycles. The summed E-state index contributed by atoms with van der Waals surface area (Å²) in [6.45, 7) is 0. The Kier molecular flexibility index (Phi) is 3.06. The first kappa shape index (κ1) is 11.5. The van der Waals surface area contributed by atoms with Gasteiger partial charge in [0, 0.05) is 16.7 Å². The van der Waals surface area contributed by atoms with E-state index in [4.69, 9.17) is 21.8 Å². The van der Waals surface area contributed by atoms with Crippen molar-refractivity contribution in [3.8, 4) is 11.3 Å². The van der Waals surface area contributed by atoms with Gasteiger partial charge in [0.1, 0.15) is 11.3 Å². The van der Waals surface area contributed by atoms with E-state index in [9.17, 15) is 4.79 Å². The Labute approximate surface area is 103 Å². The summed E-state index contributed by atoms with van der Waals surface area (Å²) >= 11 is 5.78. The van der Waals surface area contributed by atoms with Crippen LogP contribution in [0.4, 0.5) is 5.88 Å². The molecule has 0 bridgehead atoms. The van der Waals surface area contributed by atoms with Crippen molar-refractivity contribution in [2.24, 2.45) is 0 Å². The molecule has 2 aromatic rings. The second kappa shape index (κ2) is 4.51. The van der Waals surface area contributed by atoms with Crippen LogP contribution in [0.1, 0.15) is 10.4 Å². The predicted molar refractivity (Wildman–Crippen MR) is 64.9 cm³/mol. The molecule has 1 aromatic heterocycles. The van der Waals surface area contributed by atoms with Crippen molar-refractivity contribution < 1.29 is 13.9 Å².